The molecule has 1 saturated heterocycles. The van der Waals surface area contributed by atoms with Crippen molar-refractivity contribution >= 4 is 5.91 Å². The molecule has 1 aliphatic heterocycles. The molecule has 19 heavy (non-hydrogen) atoms. The zero-order chi connectivity index (χ0) is 13.8. The third-order valence-corrected chi connectivity index (χ3v) is 3.86. The molecule has 1 fully saturated rings. The van der Waals surface area contributed by atoms with Crippen LogP contribution in [0.2, 0.25) is 0 Å². The van der Waals surface area contributed by atoms with E-state index in [-0.39, 0.29) is 18.3 Å². The summed E-state index contributed by atoms with van der Waals surface area (Å²) >= 11 is 0. The van der Waals surface area contributed by atoms with Gasteiger partial charge in [0.25, 0.3) is 5.91 Å². The van der Waals surface area contributed by atoms with E-state index in [4.69, 9.17) is 5.11 Å². The van der Waals surface area contributed by atoms with E-state index in [2.05, 4.69) is 0 Å². The molecular weight excluding hydrogens is 242 g/mol. The summed E-state index contributed by atoms with van der Waals surface area (Å²) in [6, 6.07) is 5.20. The Balaban J connectivity index is 2.11. The molecule has 2 N–H and O–H groups in total. The lowest BCUT2D eigenvalue weighted by Crippen LogP contribution is -2.39. The van der Waals surface area contributed by atoms with Gasteiger partial charge in [0.1, 0.15) is 5.75 Å². The first-order valence-electron chi connectivity index (χ1n) is 6.87. The van der Waals surface area contributed by atoms with Crippen LogP contribution in [0.5, 0.6) is 5.75 Å². The van der Waals surface area contributed by atoms with Gasteiger partial charge in [0.15, 0.2) is 0 Å². The summed E-state index contributed by atoms with van der Waals surface area (Å²) in [5.74, 6) is 0.246. The number of likely N-dealkylation sites (tertiary alicyclic amines) is 1. The maximum absolute atomic E-state index is 12.4. The average Bonchev–Trinajstić information content (AvgIpc) is 2.47. The van der Waals surface area contributed by atoms with E-state index in [1.807, 2.05) is 13.0 Å². The van der Waals surface area contributed by atoms with Crippen LogP contribution in [0.4, 0.5) is 0 Å². The molecule has 0 bridgehead atoms. The minimum Gasteiger partial charge on any atom is -0.507 e. The molecule has 0 spiro atoms. The Hall–Kier alpha value is -1.55. The van der Waals surface area contributed by atoms with Crippen LogP contribution >= 0.6 is 0 Å². The lowest BCUT2D eigenvalue weighted by atomic mass is 9.97. The highest BCUT2D eigenvalue weighted by Crippen LogP contribution is 2.24. The topological polar surface area (TPSA) is 60.8 Å². The number of amides is 1. The highest BCUT2D eigenvalue weighted by molar-refractivity contribution is 5.97. The van der Waals surface area contributed by atoms with Crippen molar-refractivity contribution in [3.8, 4) is 5.75 Å². The Kier molecular flexibility index (Phi) is 4.43. The van der Waals surface area contributed by atoms with Crippen molar-refractivity contribution in [3.63, 3.8) is 0 Å². The molecule has 0 aromatic heterocycles. The summed E-state index contributed by atoms with van der Waals surface area (Å²) in [6.07, 6.45) is 2.50. The van der Waals surface area contributed by atoms with Crippen molar-refractivity contribution in [2.24, 2.45) is 5.92 Å². The third kappa shape index (κ3) is 3.07. The number of rotatable bonds is 3. The maximum atomic E-state index is 12.4. The van der Waals surface area contributed by atoms with Gasteiger partial charge in [0.05, 0.1) is 5.56 Å². The summed E-state index contributed by atoms with van der Waals surface area (Å²) in [6.45, 7) is 3.52. The van der Waals surface area contributed by atoms with Crippen LogP contribution in [-0.2, 0) is 6.42 Å². The molecule has 1 amide bonds. The molecule has 4 nitrogen and oxygen atoms in total. The first kappa shape index (κ1) is 13.9. The number of aromatic hydroxyl groups is 1. The molecule has 4 heteroatoms. The second-order valence-corrected chi connectivity index (χ2v) is 5.12. The standard InChI is InChI=1S/C15H21NO3/c1-2-11-3-4-14(18)13(9-11)15(19)16-7-5-12(10-17)6-8-16/h3-4,9,12,17-18H,2,5-8,10H2,1H3. The molecule has 1 aliphatic rings. The fraction of sp³-hybridized carbons (Fsp3) is 0.533. The van der Waals surface area contributed by atoms with E-state index in [0.29, 0.717) is 24.6 Å². The van der Waals surface area contributed by atoms with Crippen LogP contribution in [0.25, 0.3) is 0 Å². The summed E-state index contributed by atoms with van der Waals surface area (Å²) < 4.78 is 0. The molecule has 0 saturated carbocycles. The Morgan fingerprint density at radius 1 is 1.37 bits per heavy atom. The number of aliphatic hydroxyl groups excluding tert-OH is 1. The largest absolute Gasteiger partial charge is 0.507 e. The Morgan fingerprint density at radius 3 is 2.63 bits per heavy atom. The number of hydrogen-bond donors (Lipinski definition) is 2. The van der Waals surface area contributed by atoms with Crippen LogP contribution in [-0.4, -0.2) is 40.7 Å². The van der Waals surface area contributed by atoms with E-state index in [1.54, 1.807) is 17.0 Å². The monoisotopic (exact) mass is 263 g/mol. The van der Waals surface area contributed by atoms with Crippen LogP contribution in [0, 0.1) is 5.92 Å². The fourth-order valence-electron chi connectivity index (χ4n) is 2.46. The highest BCUT2D eigenvalue weighted by atomic mass is 16.3. The van der Waals surface area contributed by atoms with E-state index < -0.39 is 0 Å². The van der Waals surface area contributed by atoms with Gasteiger partial charge in [0.2, 0.25) is 0 Å². The van der Waals surface area contributed by atoms with Gasteiger partial charge in [-0.05, 0) is 42.9 Å². The number of benzene rings is 1. The van der Waals surface area contributed by atoms with Crippen molar-refractivity contribution < 1.29 is 15.0 Å². The predicted molar refractivity (Wildman–Crippen MR) is 73.2 cm³/mol. The molecule has 0 radical (unpaired) electrons. The lowest BCUT2D eigenvalue weighted by Gasteiger charge is -2.31. The van der Waals surface area contributed by atoms with Crippen LogP contribution < -0.4 is 0 Å². The minimum absolute atomic E-state index is 0.0477. The summed E-state index contributed by atoms with van der Waals surface area (Å²) in [5, 5.41) is 18.9. The number of aryl methyl sites for hydroxylation is 1. The molecule has 0 unspecified atom stereocenters. The predicted octanol–water partition coefficient (Wildman–Crippen LogP) is 1.80. The number of aliphatic hydroxyl groups is 1. The van der Waals surface area contributed by atoms with Crippen molar-refractivity contribution in [2.75, 3.05) is 19.7 Å². The number of nitrogens with zero attached hydrogens (tertiary/aromatic N) is 1. The van der Waals surface area contributed by atoms with Gasteiger partial charge in [-0.15, -0.1) is 0 Å². The molecule has 1 aromatic carbocycles. The van der Waals surface area contributed by atoms with E-state index in [9.17, 15) is 9.90 Å². The summed E-state index contributed by atoms with van der Waals surface area (Å²) in [4.78, 5) is 14.2. The van der Waals surface area contributed by atoms with Crippen molar-refractivity contribution in [3.05, 3.63) is 29.3 Å². The maximum Gasteiger partial charge on any atom is 0.257 e. The normalized spacial score (nSPS) is 16.6. The van der Waals surface area contributed by atoms with Crippen LogP contribution in [0.15, 0.2) is 18.2 Å². The smallest absolute Gasteiger partial charge is 0.257 e. The number of piperidine rings is 1. The SMILES string of the molecule is CCc1ccc(O)c(C(=O)N2CCC(CO)CC2)c1. The fourth-order valence-corrected chi connectivity index (χ4v) is 2.46. The van der Waals surface area contributed by atoms with E-state index in [1.165, 1.54) is 0 Å². The van der Waals surface area contributed by atoms with Gasteiger partial charge in [0, 0.05) is 19.7 Å². The number of hydrogen-bond acceptors (Lipinski definition) is 3. The second-order valence-electron chi connectivity index (χ2n) is 5.12. The molecule has 2 rings (SSSR count). The highest BCUT2D eigenvalue weighted by Gasteiger charge is 2.24. The third-order valence-electron chi connectivity index (χ3n) is 3.86. The molecule has 0 aliphatic carbocycles. The zero-order valence-electron chi connectivity index (χ0n) is 11.3. The van der Waals surface area contributed by atoms with Crippen molar-refractivity contribution in [2.45, 2.75) is 26.2 Å². The molecule has 1 heterocycles. The Labute approximate surface area is 113 Å². The Bertz CT molecular complexity index is 451. The minimum atomic E-state index is -0.107. The van der Waals surface area contributed by atoms with Crippen molar-refractivity contribution in [1.29, 1.82) is 0 Å². The average molecular weight is 263 g/mol. The molecule has 1 aromatic rings. The number of phenolic OH excluding ortho intramolecular Hbond substituents is 1. The number of phenols is 1. The van der Waals surface area contributed by atoms with E-state index >= 15 is 0 Å². The first-order chi connectivity index (χ1) is 9.15. The van der Waals surface area contributed by atoms with E-state index in [0.717, 1.165) is 24.8 Å². The summed E-state index contributed by atoms with van der Waals surface area (Å²) in [5.41, 5.74) is 1.44. The van der Waals surface area contributed by atoms with Gasteiger partial charge in [-0.3, -0.25) is 4.79 Å². The molecular formula is C15H21NO3. The molecule has 104 valence electrons. The summed E-state index contributed by atoms with van der Waals surface area (Å²) in [7, 11) is 0. The lowest BCUT2D eigenvalue weighted by molar-refractivity contribution is 0.0648. The van der Waals surface area contributed by atoms with Gasteiger partial charge >= 0.3 is 0 Å². The van der Waals surface area contributed by atoms with Crippen molar-refractivity contribution in [1.82, 2.24) is 4.90 Å². The van der Waals surface area contributed by atoms with Gasteiger partial charge < -0.3 is 15.1 Å². The van der Waals surface area contributed by atoms with Gasteiger partial charge in [-0.25, -0.2) is 0 Å². The number of carbonyl (C=O) groups excluding carboxylic acids is 1. The number of carbonyl (C=O) groups is 1. The first-order valence-corrected chi connectivity index (χ1v) is 6.87. The molecule has 0 atom stereocenters. The second kappa shape index (κ2) is 6.06. The Morgan fingerprint density at radius 2 is 2.05 bits per heavy atom. The van der Waals surface area contributed by atoms with Crippen LogP contribution in [0.3, 0.4) is 0 Å². The zero-order valence-corrected chi connectivity index (χ0v) is 11.3. The quantitative estimate of drug-likeness (QED) is 0.874. The van der Waals surface area contributed by atoms with Gasteiger partial charge in [-0.1, -0.05) is 13.0 Å². The van der Waals surface area contributed by atoms with Crippen LogP contribution in [0.1, 0.15) is 35.7 Å². The van der Waals surface area contributed by atoms with Gasteiger partial charge in [-0.2, -0.15) is 0 Å².